The smallest absolute Gasteiger partial charge is 0.258 e. The van der Waals surface area contributed by atoms with E-state index < -0.39 is 17.0 Å². The van der Waals surface area contributed by atoms with E-state index in [0.29, 0.717) is 16.5 Å². The van der Waals surface area contributed by atoms with Crippen molar-refractivity contribution >= 4 is 46.7 Å². The van der Waals surface area contributed by atoms with E-state index in [9.17, 15) is 14.0 Å². The van der Waals surface area contributed by atoms with Crippen molar-refractivity contribution in [3.63, 3.8) is 0 Å². The van der Waals surface area contributed by atoms with Gasteiger partial charge in [-0.05, 0) is 54.1 Å². The first-order valence-electron chi connectivity index (χ1n) is 10.3. The summed E-state index contributed by atoms with van der Waals surface area (Å²) >= 11 is 7.24. The second-order valence-electron chi connectivity index (χ2n) is 7.22. The van der Waals surface area contributed by atoms with E-state index in [1.807, 2.05) is 30.3 Å². The molecule has 0 saturated heterocycles. The van der Waals surface area contributed by atoms with Crippen molar-refractivity contribution in [1.29, 1.82) is 0 Å². The Hall–Kier alpha value is -3.68. The zero-order chi connectivity index (χ0) is 23.9. The molecule has 3 aromatic carbocycles. The zero-order valence-electron chi connectivity index (χ0n) is 17.7. The maximum absolute atomic E-state index is 13.9. The first-order valence-corrected chi connectivity index (χ1v) is 11.6. The molecular formula is C26H19ClFN3O2S. The van der Waals surface area contributed by atoms with Crippen LogP contribution in [0.15, 0.2) is 102 Å². The number of thioether (sulfide) groups is 1. The molecule has 1 aromatic heterocycles. The molecule has 0 radical (unpaired) electrons. The molecule has 0 spiro atoms. The number of aromatic nitrogens is 1. The maximum atomic E-state index is 13.9. The maximum Gasteiger partial charge on any atom is 0.258 e. The lowest BCUT2D eigenvalue weighted by molar-refractivity contribution is -0.115. The van der Waals surface area contributed by atoms with Crippen LogP contribution in [0.4, 0.5) is 15.9 Å². The molecule has 170 valence electrons. The summed E-state index contributed by atoms with van der Waals surface area (Å²) < 4.78 is 13.9. The topological polar surface area (TPSA) is 71.1 Å². The van der Waals surface area contributed by atoms with Crippen LogP contribution in [0.2, 0.25) is 5.02 Å². The molecule has 34 heavy (non-hydrogen) atoms. The van der Waals surface area contributed by atoms with Gasteiger partial charge >= 0.3 is 0 Å². The van der Waals surface area contributed by atoms with Crippen LogP contribution in [-0.2, 0) is 4.79 Å². The van der Waals surface area contributed by atoms with E-state index >= 15 is 0 Å². The van der Waals surface area contributed by atoms with E-state index in [1.54, 1.807) is 42.5 Å². The minimum atomic E-state index is -0.584. The number of hydrogen-bond acceptors (Lipinski definition) is 4. The van der Waals surface area contributed by atoms with Gasteiger partial charge < -0.3 is 10.6 Å². The molecule has 0 aliphatic carbocycles. The molecular weight excluding hydrogens is 473 g/mol. The Morgan fingerprint density at radius 3 is 2.24 bits per heavy atom. The minimum absolute atomic E-state index is 0.0300. The highest BCUT2D eigenvalue weighted by molar-refractivity contribution is 8.00. The SMILES string of the molecule is O=C(Nc1ccc(SC(C(=O)Nc2ccc(Cl)cn2)c2ccccc2)cc1)c1ccccc1F. The van der Waals surface area contributed by atoms with Crippen molar-refractivity contribution in [2.24, 2.45) is 0 Å². The van der Waals surface area contributed by atoms with Gasteiger partial charge in [0.05, 0.1) is 10.6 Å². The predicted molar refractivity (Wildman–Crippen MR) is 134 cm³/mol. The number of nitrogens with one attached hydrogen (secondary N) is 2. The van der Waals surface area contributed by atoms with Gasteiger partial charge in [0.2, 0.25) is 5.91 Å². The van der Waals surface area contributed by atoms with Gasteiger partial charge in [0.25, 0.3) is 5.91 Å². The summed E-state index contributed by atoms with van der Waals surface area (Å²) in [7, 11) is 0. The average Bonchev–Trinajstić information content (AvgIpc) is 2.85. The lowest BCUT2D eigenvalue weighted by Gasteiger charge is -2.17. The van der Waals surface area contributed by atoms with E-state index in [1.165, 1.54) is 36.2 Å². The third-order valence-corrected chi connectivity index (χ3v) is 6.29. The summed E-state index contributed by atoms with van der Waals surface area (Å²) in [6, 6.07) is 25.5. The summed E-state index contributed by atoms with van der Waals surface area (Å²) in [6.45, 7) is 0. The Balaban J connectivity index is 1.49. The van der Waals surface area contributed by atoms with Gasteiger partial charge in [-0.15, -0.1) is 11.8 Å². The highest BCUT2D eigenvalue weighted by Crippen LogP contribution is 2.36. The molecule has 1 atom stereocenters. The van der Waals surface area contributed by atoms with Gasteiger partial charge in [0.1, 0.15) is 16.9 Å². The zero-order valence-corrected chi connectivity index (χ0v) is 19.3. The van der Waals surface area contributed by atoms with Gasteiger partial charge in [-0.3, -0.25) is 9.59 Å². The number of halogens is 2. The minimum Gasteiger partial charge on any atom is -0.322 e. The van der Waals surface area contributed by atoms with E-state index in [0.717, 1.165) is 10.5 Å². The molecule has 2 amide bonds. The first-order chi connectivity index (χ1) is 16.5. The fraction of sp³-hybridized carbons (Fsp3) is 0.0385. The molecule has 0 saturated carbocycles. The van der Waals surface area contributed by atoms with Crippen LogP contribution in [0, 0.1) is 5.82 Å². The summed E-state index contributed by atoms with van der Waals surface area (Å²) in [6.07, 6.45) is 1.47. The number of amides is 2. The summed E-state index contributed by atoms with van der Waals surface area (Å²) in [5, 5.41) is 5.45. The molecule has 0 aliphatic rings. The van der Waals surface area contributed by atoms with Crippen molar-refractivity contribution in [3.05, 3.63) is 119 Å². The summed E-state index contributed by atoms with van der Waals surface area (Å²) in [5.74, 6) is -0.945. The number of rotatable bonds is 7. The van der Waals surface area contributed by atoms with Crippen LogP contribution >= 0.6 is 23.4 Å². The largest absolute Gasteiger partial charge is 0.322 e. The molecule has 1 unspecified atom stereocenters. The van der Waals surface area contributed by atoms with Gasteiger partial charge in [-0.25, -0.2) is 9.37 Å². The quantitative estimate of drug-likeness (QED) is 0.286. The molecule has 4 rings (SSSR count). The van der Waals surface area contributed by atoms with Crippen molar-refractivity contribution in [1.82, 2.24) is 4.98 Å². The third kappa shape index (κ3) is 6.01. The molecule has 0 fully saturated rings. The normalized spacial score (nSPS) is 11.5. The second kappa shape index (κ2) is 11.0. The Labute approximate surface area is 205 Å². The monoisotopic (exact) mass is 491 g/mol. The van der Waals surface area contributed by atoms with Gasteiger partial charge in [0, 0.05) is 16.8 Å². The Morgan fingerprint density at radius 2 is 1.56 bits per heavy atom. The Bertz CT molecular complexity index is 1290. The number of nitrogens with zero attached hydrogens (tertiary/aromatic N) is 1. The van der Waals surface area contributed by atoms with Crippen molar-refractivity contribution in [2.45, 2.75) is 10.1 Å². The van der Waals surface area contributed by atoms with Gasteiger partial charge in [-0.1, -0.05) is 54.1 Å². The van der Waals surface area contributed by atoms with Crippen LogP contribution in [-0.4, -0.2) is 16.8 Å². The molecule has 4 aromatic rings. The number of pyridine rings is 1. The molecule has 0 bridgehead atoms. The Kier molecular flexibility index (Phi) is 7.57. The molecule has 5 nitrogen and oxygen atoms in total. The van der Waals surface area contributed by atoms with E-state index in [2.05, 4.69) is 15.6 Å². The molecule has 8 heteroatoms. The average molecular weight is 492 g/mol. The first kappa shape index (κ1) is 23.5. The standard InChI is InChI=1S/C26H19ClFN3O2S/c27-18-10-15-23(29-16-18)31-26(33)24(17-6-2-1-3-7-17)34-20-13-11-19(12-14-20)30-25(32)21-8-4-5-9-22(21)28/h1-16,24H,(H,30,32)(H,29,31,33). The lowest BCUT2D eigenvalue weighted by atomic mass is 10.1. The van der Waals surface area contributed by atoms with Crippen molar-refractivity contribution in [2.75, 3.05) is 10.6 Å². The third-order valence-electron chi connectivity index (χ3n) is 4.80. The highest BCUT2D eigenvalue weighted by atomic mass is 35.5. The molecule has 1 heterocycles. The van der Waals surface area contributed by atoms with Gasteiger partial charge in [0.15, 0.2) is 0 Å². The summed E-state index contributed by atoms with van der Waals surface area (Å²) in [4.78, 5) is 30.4. The van der Waals surface area contributed by atoms with Crippen molar-refractivity contribution < 1.29 is 14.0 Å². The number of anilines is 2. The fourth-order valence-corrected chi connectivity index (χ4v) is 4.28. The number of carbonyl (C=O) groups excluding carboxylic acids is 2. The summed E-state index contributed by atoms with van der Waals surface area (Å²) in [5.41, 5.74) is 1.32. The molecule has 0 aliphatic heterocycles. The van der Waals surface area contributed by atoms with E-state index in [-0.39, 0.29) is 11.5 Å². The molecule has 2 N–H and O–H groups in total. The van der Waals surface area contributed by atoms with Crippen LogP contribution in [0.3, 0.4) is 0 Å². The fourth-order valence-electron chi connectivity index (χ4n) is 3.14. The lowest BCUT2D eigenvalue weighted by Crippen LogP contribution is -2.19. The predicted octanol–water partition coefficient (Wildman–Crippen LogP) is 6.60. The van der Waals surface area contributed by atoms with Crippen LogP contribution in [0.1, 0.15) is 21.2 Å². The van der Waals surface area contributed by atoms with E-state index in [4.69, 9.17) is 11.6 Å². The van der Waals surface area contributed by atoms with Crippen LogP contribution in [0.5, 0.6) is 0 Å². The highest BCUT2D eigenvalue weighted by Gasteiger charge is 2.22. The second-order valence-corrected chi connectivity index (χ2v) is 8.83. The van der Waals surface area contributed by atoms with Crippen LogP contribution in [0.25, 0.3) is 0 Å². The van der Waals surface area contributed by atoms with Crippen molar-refractivity contribution in [3.8, 4) is 0 Å². The van der Waals surface area contributed by atoms with Crippen LogP contribution < -0.4 is 10.6 Å². The number of carbonyl (C=O) groups is 2. The number of benzene rings is 3. The number of hydrogen-bond donors (Lipinski definition) is 2. The Morgan fingerprint density at radius 1 is 0.853 bits per heavy atom. The van der Waals surface area contributed by atoms with Gasteiger partial charge in [-0.2, -0.15) is 0 Å².